The molecule has 6 nitrogen and oxygen atoms in total. The molecule has 21 heavy (non-hydrogen) atoms. The van der Waals surface area contributed by atoms with E-state index in [2.05, 4.69) is 15.8 Å². The van der Waals surface area contributed by atoms with Crippen LogP contribution in [0.3, 0.4) is 0 Å². The number of benzene rings is 1. The smallest absolute Gasteiger partial charge is 0.277 e. The summed E-state index contributed by atoms with van der Waals surface area (Å²) < 4.78 is 4.86. The summed E-state index contributed by atoms with van der Waals surface area (Å²) >= 11 is 0. The number of carbonyl (C=O) groups excluding carboxylic acids is 2. The maximum absolute atomic E-state index is 12.0. The Labute approximate surface area is 121 Å². The Balaban J connectivity index is 1.70. The zero-order chi connectivity index (χ0) is 14.8. The average molecular weight is 285 g/mol. The molecule has 1 aromatic heterocycles. The summed E-state index contributed by atoms with van der Waals surface area (Å²) in [6.07, 6.45) is 2.07. The van der Waals surface area contributed by atoms with Gasteiger partial charge in [-0.2, -0.15) is 0 Å². The third kappa shape index (κ3) is 3.28. The quantitative estimate of drug-likeness (QED) is 0.901. The van der Waals surface area contributed by atoms with Crippen molar-refractivity contribution in [3.05, 3.63) is 47.3 Å². The molecule has 0 spiro atoms. The van der Waals surface area contributed by atoms with E-state index < -0.39 is 0 Å². The van der Waals surface area contributed by atoms with E-state index in [1.165, 1.54) is 0 Å². The second kappa shape index (κ2) is 5.40. The Morgan fingerprint density at radius 1 is 1.24 bits per heavy atom. The molecule has 2 aromatic rings. The van der Waals surface area contributed by atoms with Gasteiger partial charge in [-0.3, -0.25) is 9.59 Å². The molecule has 0 aliphatic heterocycles. The van der Waals surface area contributed by atoms with Gasteiger partial charge in [0.15, 0.2) is 5.69 Å². The van der Waals surface area contributed by atoms with Crippen molar-refractivity contribution < 1.29 is 14.1 Å². The molecule has 1 heterocycles. The van der Waals surface area contributed by atoms with Gasteiger partial charge < -0.3 is 15.2 Å². The standard InChI is InChI=1S/C15H15N3O3/c1-9-7-13(18-21-9)15(20)17-12-4-2-3-10(8-12)14(19)16-11-5-6-11/h2-4,7-8,11H,5-6H2,1H3,(H,16,19)(H,17,20). The molecule has 1 aliphatic carbocycles. The molecule has 1 aromatic carbocycles. The van der Waals surface area contributed by atoms with Crippen LogP contribution in [-0.4, -0.2) is 23.0 Å². The van der Waals surface area contributed by atoms with Crippen LogP contribution >= 0.6 is 0 Å². The fourth-order valence-corrected chi connectivity index (χ4v) is 1.90. The normalized spacial score (nSPS) is 13.8. The van der Waals surface area contributed by atoms with E-state index in [0.717, 1.165) is 12.8 Å². The van der Waals surface area contributed by atoms with Crippen molar-refractivity contribution in [2.24, 2.45) is 0 Å². The Morgan fingerprint density at radius 3 is 2.71 bits per heavy atom. The van der Waals surface area contributed by atoms with Gasteiger partial charge in [0.05, 0.1) is 0 Å². The second-order valence-corrected chi connectivity index (χ2v) is 5.11. The van der Waals surface area contributed by atoms with E-state index in [9.17, 15) is 9.59 Å². The van der Waals surface area contributed by atoms with Crippen LogP contribution in [0.4, 0.5) is 5.69 Å². The van der Waals surface area contributed by atoms with Crippen LogP contribution < -0.4 is 10.6 Å². The molecular weight excluding hydrogens is 270 g/mol. The first-order valence-electron chi connectivity index (χ1n) is 6.77. The van der Waals surface area contributed by atoms with Crippen molar-refractivity contribution in [2.75, 3.05) is 5.32 Å². The predicted octanol–water partition coefficient (Wildman–Crippen LogP) is 2.13. The lowest BCUT2D eigenvalue weighted by Crippen LogP contribution is -2.25. The van der Waals surface area contributed by atoms with Gasteiger partial charge in [-0.15, -0.1) is 0 Å². The van der Waals surface area contributed by atoms with Crippen molar-refractivity contribution >= 4 is 17.5 Å². The van der Waals surface area contributed by atoms with Crippen molar-refractivity contribution in [3.63, 3.8) is 0 Å². The zero-order valence-corrected chi connectivity index (χ0v) is 11.6. The summed E-state index contributed by atoms with van der Waals surface area (Å²) in [5.41, 5.74) is 1.28. The Kier molecular flexibility index (Phi) is 3.43. The highest BCUT2D eigenvalue weighted by atomic mass is 16.5. The number of rotatable bonds is 4. The number of hydrogen-bond donors (Lipinski definition) is 2. The number of hydrogen-bond acceptors (Lipinski definition) is 4. The molecule has 6 heteroatoms. The van der Waals surface area contributed by atoms with Gasteiger partial charge >= 0.3 is 0 Å². The van der Waals surface area contributed by atoms with Crippen LogP contribution in [0.5, 0.6) is 0 Å². The van der Waals surface area contributed by atoms with E-state index in [4.69, 9.17) is 4.52 Å². The lowest BCUT2D eigenvalue weighted by Gasteiger charge is -2.06. The molecule has 0 bridgehead atoms. The zero-order valence-electron chi connectivity index (χ0n) is 11.6. The maximum Gasteiger partial charge on any atom is 0.277 e. The molecule has 108 valence electrons. The topological polar surface area (TPSA) is 84.2 Å². The molecule has 0 unspecified atom stereocenters. The van der Waals surface area contributed by atoms with Crippen LogP contribution in [-0.2, 0) is 0 Å². The number of aromatic nitrogens is 1. The number of nitrogens with zero attached hydrogens (tertiary/aromatic N) is 1. The van der Waals surface area contributed by atoms with Crippen LogP contribution in [0.2, 0.25) is 0 Å². The van der Waals surface area contributed by atoms with Gasteiger partial charge in [0.2, 0.25) is 0 Å². The van der Waals surface area contributed by atoms with E-state index in [1.807, 2.05) is 0 Å². The maximum atomic E-state index is 12.0. The molecule has 2 amide bonds. The van der Waals surface area contributed by atoms with Gasteiger partial charge in [0, 0.05) is 23.4 Å². The highest BCUT2D eigenvalue weighted by Gasteiger charge is 2.23. The molecule has 1 saturated carbocycles. The fourth-order valence-electron chi connectivity index (χ4n) is 1.90. The van der Waals surface area contributed by atoms with Crippen molar-refractivity contribution in [3.8, 4) is 0 Å². The minimum absolute atomic E-state index is 0.120. The van der Waals surface area contributed by atoms with E-state index in [0.29, 0.717) is 23.1 Å². The predicted molar refractivity (Wildman–Crippen MR) is 76.1 cm³/mol. The lowest BCUT2D eigenvalue weighted by molar-refractivity contribution is 0.0949. The number of amides is 2. The van der Waals surface area contributed by atoms with E-state index >= 15 is 0 Å². The highest BCUT2D eigenvalue weighted by molar-refractivity contribution is 6.03. The summed E-state index contributed by atoms with van der Waals surface area (Å²) in [5, 5.41) is 9.25. The van der Waals surface area contributed by atoms with Gasteiger partial charge in [-0.1, -0.05) is 11.2 Å². The first-order valence-corrected chi connectivity index (χ1v) is 6.77. The minimum atomic E-state index is -0.369. The van der Waals surface area contributed by atoms with Gasteiger partial charge in [-0.05, 0) is 38.0 Å². The summed E-state index contributed by atoms with van der Waals surface area (Å²) in [4.78, 5) is 23.9. The molecule has 0 saturated heterocycles. The number of carbonyl (C=O) groups is 2. The summed E-state index contributed by atoms with van der Waals surface area (Å²) in [6, 6.07) is 8.66. The SMILES string of the molecule is Cc1cc(C(=O)Nc2cccc(C(=O)NC3CC3)c2)no1. The second-order valence-electron chi connectivity index (χ2n) is 5.11. The van der Waals surface area contributed by atoms with Crippen molar-refractivity contribution in [1.29, 1.82) is 0 Å². The Morgan fingerprint density at radius 2 is 2.05 bits per heavy atom. The van der Waals surface area contributed by atoms with E-state index in [1.54, 1.807) is 37.3 Å². The minimum Gasteiger partial charge on any atom is -0.361 e. The third-order valence-corrected chi connectivity index (χ3v) is 3.16. The number of aryl methyl sites for hydroxylation is 1. The molecule has 1 aliphatic rings. The van der Waals surface area contributed by atoms with Crippen LogP contribution in [0, 0.1) is 6.92 Å². The van der Waals surface area contributed by atoms with Crippen LogP contribution in [0.25, 0.3) is 0 Å². The average Bonchev–Trinajstić information content (AvgIpc) is 3.17. The molecule has 0 radical (unpaired) electrons. The van der Waals surface area contributed by atoms with Gasteiger partial charge in [-0.25, -0.2) is 0 Å². The Hall–Kier alpha value is -2.63. The van der Waals surface area contributed by atoms with Crippen molar-refractivity contribution in [2.45, 2.75) is 25.8 Å². The largest absolute Gasteiger partial charge is 0.361 e. The van der Waals surface area contributed by atoms with Crippen molar-refractivity contribution in [1.82, 2.24) is 10.5 Å². The lowest BCUT2D eigenvalue weighted by atomic mass is 10.2. The first kappa shape index (κ1) is 13.4. The number of anilines is 1. The summed E-state index contributed by atoms with van der Waals surface area (Å²) in [7, 11) is 0. The molecule has 2 N–H and O–H groups in total. The summed E-state index contributed by atoms with van der Waals surface area (Å²) in [6.45, 7) is 1.71. The van der Waals surface area contributed by atoms with Gasteiger partial charge in [0.25, 0.3) is 11.8 Å². The van der Waals surface area contributed by atoms with E-state index in [-0.39, 0.29) is 17.5 Å². The number of nitrogens with one attached hydrogen (secondary N) is 2. The summed E-state index contributed by atoms with van der Waals surface area (Å²) in [5.74, 6) is 0.0789. The van der Waals surface area contributed by atoms with Gasteiger partial charge in [0.1, 0.15) is 5.76 Å². The van der Waals surface area contributed by atoms with Crippen LogP contribution in [0.1, 0.15) is 39.4 Å². The monoisotopic (exact) mass is 285 g/mol. The molecule has 3 rings (SSSR count). The molecular formula is C15H15N3O3. The van der Waals surface area contributed by atoms with Crippen LogP contribution in [0.15, 0.2) is 34.9 Å². The molecule has 0 atom stereocenters. The highest BCUT2D eigenvalue weighted by Crippen LogP contribution is 2.20. The third-order valence-electron chi connectivity index (χ3n) is 3.16. The Bertz CT molecular complexity index is 689. The fraction of sp³-hybridized carbons (Fsp3) is 0.267. The first-order chi connectivity index (χ1) is 10.1. The molecule has 1 fully saturated rings.